The van der Waals surface area contributed by atoms with Gasteiger partial charge in [0.05, 0.1) is 11.0 Å². The van der Waals surface area contributed by atoms with Gasteiger partial charge in [0.15, 0.2) is 0 Å². The van der Waals surface area contributed by atoms with E-state index in [1.54, 1.807) is 46.8 Å². The molecule has 2 unspecified atom stereocenters. The quantitative estimate of drug-likeness (QED) is 0.0986. The molecule has 0 aliphatic heterocycles. The zero-order valence-corrected chi connectivity index (χ0v) is 28.1. The number of benzene rings is 2. The molecule has 10 heteroatoms. The van der Waals surface area contributed by atoms with Crippen LogP contribution in [0.25, 0.3) is 22.1 Å². The van der Waals surface area contributed by atoms with Gasteiger partial charge in [-0.25, -0.2) is 4.79 Å². The Morgan fingerprint density at radius 3 is 2.20 bits per heavy atom. The Balaban J connectivity index is 1.78. The van der Waals surface area contributed by atoms with E-state index in [1.807, 2.05) is 19.1 Å². The van der Waals surface area contributed by atoms with Crippen molar-refractivity contribution < 1.29 is 31.9 Å². The van der Waals surface area contributed by atoms with Crippen molar-refractivity contribution in [3.63, 3.8) is 0 Å². The van der Waals surface area contributed by atoms with E-state index in [-0.39, 0.29) is 17.8 Å². The predicted molar refractivity (Wildman–Crippen MR) is 176 cm³/mol. The number of fused-ring (bicyclic) bond motifs is 1. The van der Waals surface area contributed by atoms with Crippen molar-refractivity contribution in [1.82, 2.24) is 0 Å². The average Bonchev–Trinajstić information content (AvgIpc) is 2.94. The smallest absolute Gasteiger partial charge is 0.398 e. The van der Waals surface area contributed by atoms with Crippen LogP contribution in [-0.2, 0) is 22.4 Å². The molecule has 2 atom stereocenters. The number of esters is 1. The van der Waals surface area contributed by atoms with Crippen LogP contribution in [0.5, 0.6) is 5.75 Å². The van der Waals surface area contributed by atoms with Gasteiger partial charge in [0.2, 0.25) is 0 Å². The number of aryl methyl sites for hydroxylation is 2. The molecule has 0 saturated carbocycles. The summed E-state index contributed by atoms with van der Waals surface area (Å²) in [6.07, 6.45) is 0.511. The zero-order chi connectivity index (χ0) is 34.5. The highest BCUT2D eigenvalue weighted by atomic mass is 19.4. The van der Waals surface area contributed by atoms with Crippen molar-refractivity contribution in [1.29, 1.82) is 0 Å². The van der Waals surface area contributed by atoms with E-state index < -0.39 is 53.4 Å². The third-order valence-electron chi connectivity index (χ3n) is 8.63. The van der Waals surface area contributed by atoms with Crippen molar-refractivity contribution in [2.75, 3.05) is 13.2 Å². The first-order valence-electron chi connectivity index (χ1n) is 15.9. The molecule has 0 amide bonds. The van der Waals surface area contributed by atoms with Gasteiger partial charge in [-0.1, -0.05) is 44.9 Å². The molecule has 46 heavy (non-hydrogen) atoms. The van der Waals surface area contributed by atoms with Crippen LogP contribution in [0, 0.1) is 11.3 Å². The topological polar surface area (TPSA) is 118 Å². The minimum absolute atomic E-state index is 0.0764. The lowest BCUT2D eigenvalue weighted by Crippen LogP contribution is -2.58. The molecule has 0 bridgehead atoms. The van der Waals surface area contributed by atoms with E-state index in [0.717, 1.165) is 43.2 Å². The van der Waals surface area contributed by atoms with Crippen molar-refractivity contribution in [2.45, 2.75) is 104 Å². The largest absolute Gasteiger partial charge is 0.493 e. The average molecular weight is 647 g/mol. The van der Waals surface area contributed by atoms with Crippen LogP contribution in [0.3, 0.4) is 0 Å². The van der Waals surface area contributed by atoms with E-state index in [9.17, 15) is 22.8 Å². The standard InChI is InChI=1S/C36H49F3N2O5/c1-8-10-11-12-23-13-16-28(24(9-2)17-23)29-18-25-14-15-27(19-30(25)46-31(29)42)44-20-26(36(37,38)39)21-45-32(43)35(7,34(5,6)41)22-33(3,4)40/h13-19,26H,8-12,20-22,40-41H2,1-7H3. The Labute approximate surface area is 269 Å². The van der Waals surface area contributed by atoms with Gasteiger partial charge in [0.1, 0.15) is 30.5 Å². The van der Waals surface area contributed by atoms with Crippen molar-refractivity contribution in [3.05, 3.63) is 64.0 Å². The fourth-order valence-electron chi connectivity index (χ4n) is 5.55. The Morgan fingerprint density at radius 1 is 0.913 bits per heavy atom. The molecule has 3 aromatic rings. The number of rotatable bonds is 15. The van der Waals surface area contributed by atoms with Crippen LogP contribution in [0.1, 0.15) is 85.3 Å². The molecule has 1 aromatic heterocycles. The van der Waals surface area contributed by atoms with E-state index >= 15 is 0 Å². The van der Waals surface area contributed by atoms with Gasteiger partial charge in [0.25, 0.3) is 0 Å². The SMILES string of the molecule is CCCCCc1ccc(-c2cc3ccc(OCC(COC(=O)C(C)(CC(C)(C)N)C(C)(C)N)C(F)(F)F)cc3oc2=O)c(CC)c1. The second kappa shape index (κ2) is 14.6. The molecule has 0 radical (unpaired) electrons. The maximum absolute atomic E-state index is 14.0. The van der Waals surface area contributed by atoms with Gasteiger partial charge in [-0.2, -0.15) is 13.2 Å². The fourth-order valence-corrected chi connectivity index (χ4v) is 5.55. The lowest BCUT2D eigenvalue weighted by Gasteiger charge is -2.43. The van der Waals surface area contributed by atoms with Gasteiger partial charge >= 0.3 is 17.8 Å². The first-order valence-corrected chi connectivity index (χ1v) is 15.9. The summed E-state index contributed by atoms with van der Waals surface area (Å²) in [6.45, 7) is 10.6. The summed E-state index contributed by atoms with van der Waals surface area (Å²) < 4.78 is 58.2. The molecule has 7 nitrogen and oxygen atoms in total. The van der Waals surface area contributed by atoms with E-state index in [4.69, 9.17) is 25.4 Å². The van der Waals surface area contributed by atoms with Crippen LogP contribution in [0.15, 0.2) is 51.7 Å². The van der Waals surface area contributed by atoms with Crippen LogP contribution >= 0.6 is 0 Å². The van der Waals surface area contributed by atoms with Crippen molar-refractivity contribution in [3.8, 4) is 16.9 Å². The summed E-state index contributed by atoms with van der Waals surface area (Å²) in [4.78, 5) is 26.2. The highest BCUT2D eigenvalue weighted by molar-refractivity contribution is 5.83. The van der Waals surface area contributed by atoms with Gasteiger partial charge < -0.3 is 25.4 Å². The number of ether oxygens (including phenoxy) is 2. The third kappa shape index (κ3) is 9.35. The monoisotopic (exact) mass is 646 g/mol. The second-order valence-corrected chi connectivity index (χ2v) is 13.8. The Kier molecular flexibility index (Phi) is 11.8. The molecular formula is C36H49F3N2O5. The fraction of sp³-hybridized carbons (Fsp3) is 0.556. The molecule has 0 aliphatic rings. The second-order valence-electron chi connectivity index (χ2n) is 13.8. The predicted octanol–water partition coefficient (Wildman–Crippen LogP) is 7.73. The molecule has 0 saturated heterocycles. The zero-order valence-electron chi connectivity index (χ0n) is 28.1. The van der Waals surface area contributed by atoms with Crippen LogP contribution in [0.4, 0.5) is 13.2 Å². The van der Waals surface area contributed by atoms with Crippen LogP contribution < -0.4 is 21.8 Å². The summed E-state index contributed by atoms with van der Waals surface area (Å²) in [5.41, 5.74) is 12.2. The van der Waals surface area contributed by atoms with E-state index in [1.165, 1.54) is 17.7 Å². The van der Waals surface area contributed by atoms with Crippen LogP contribution in [-0.4, -0.2) is 36.4 Å². The number of hydrogen-bond acceptors (Lipinski definition) is 7. The number of hydrogen-bond donors (Lipinski definition) is 2. The number of alkyl halides is 3. The highest BCUT2D eigenvalue weighted by Gasteiger charge is 2.50. The number of carbonyl (C=O) groups excluding carboxylic acids is 1. The first-order chi connectivity index (χ1) is 21.3. The number of nitrogens with two attached hydrogens (primary N) is 2. The molecule has 0 aliphatic carbocycles. The molecule has 3 rings (SSSR count). The third-order valence-corrected chi connectivity index (χ3v) is 8.63. The lowest BCUT2D eigenvalue weighted by molar-refractivity contribution is -0.201. The molecular weight excluding hydrogens is 597 g/mol. The van der Waals surface area contributed by atoms with Crippen molar-refractivity contribution >= 4 is 16.9 Å². The first kappa shape index (κ1) is 37.1. The van der Waals surface area contributed by atoms with Gasteiger partial charge in [-0.3, -0.25) is 4.79 Å². The molecule has 254 valence electrons. The summed E-state index contributed by atoms with van der Waals surface area (Å²) in [5.74, 6) is -2.91. The van der Waals surface area contributed by atoms with E-state index in [0.29, 0.717) is 10.9 Å². The Morgan fingerprint density at radius 2 is 1.61 bits per heavy atom. The molecule has 4 N–H and O–H groups in total. The van der Waals surface area contributed by atoms with Gasteiger partial charge in [-0.05, 0) is 95.2 Å². The van der Waals surface area contributed by atoms with E-state index in [2.05, 4.69) is 13.0 Å². The lowest BCUT2D eigenvalue weighted by atomic mass is 9.67. The maximum Gasteiger partial charge on any atom is 0.398 e. The van der Waals surface area contributed by atoms with Crippen molar-refractivity contribution in [2.24, 2.45) is 22.8 Å². The van der Waals surface area contributed by atoms with Gasteiger partial charge in [0, 0.05) is 22.5 Å². The molecule has 0 fully saturated rings. The minimum Gasteiger partial charge on any atom is -0.493 e. The molecule has 0 spiro atoms. The van der Waals surface area contributed by atoms with Crippen LogP contribution in [0.2, 0.25) is 0 Å². The highest BCUT2D eigenvalue weighted by Crippen LogP contribution is 2.39. The summed E-state index contributed by atoms with van der Waals surface area (Å²) >= 11 is 0. The normalized spacial score (nSPS) is 14.6. The molecule has 1 heterocycles. The number of unbranched alkanes of at least 4 members (excludes halogenated alkanes) is 2. The molecule has 2 aromatic carbocycles. The number of carbonyl (C=O) groups is 1. The minimum atomic E-state index is -4.72. The summed E-state index contributed by atoms with van der Waals surface area (Å²) in [6, 6.07) is 12.4. The van der Waals surface area contributed by atoms with Gasteiger partial charge in [-0.15, -0.1) is 0 Å². The Bertz CT molecular complexity index is 1550. The summed E-state index contributed by atoms with van der Waals surface area (Å²) in [7, 11) is 0. The Hall–Kier alpha value is -3.37. The number of halogens is 3. The summed E-state index contributed by atoms with van der Waals surface area (Å²) in [5, 5.41) is 0.601. The maximum atomic E-state index is 14.0.